The van der Waals surface area contributed by atoms with Crippen molar-refractivity contribution in [1.29, 1.82) is 0 Å². The maximum absolute atomic E-state index is 12.2. The summed E-state index contributed by atoms with van der Waals surface area (Å²) in [5, 5.41) is 2.15. The third kappa shape index (κ3) is 4.39. The molecule has 11 heteroatoms. The number of nitrogens with zero attached hydrogens (tertiary/aromatic N) is 2. The molecule has 3 aliphatic rings. The number of hydrogen-bond donors (Lipinski definition) is 2. The third-order valence-electron chi connectivity index (χ3n) is 6.37. The highest BCUT2D eigenvalue weighted by Gasteiger charge is 2.45. The molecule has 0 bridgehead atoms. The topological polar surface area (TPSA) is 164 Å². The Morgan fingerprint density at radius 3 is 1.62 bits per heavy atom. The van der Waals surface area contributed by atoms with E-state index in [0.717, 1.165) is 9.80 Å². The number of hydrogen-bond acceptors (Lipinski definition) is 7. The predicted molar refractivity (Wildman–Crippen MR) is 128 cm³/mol. The standard InChI is InChI=1S/C13H10N2O4.C13H14N2O3/c16-10-6-5-9(11(17)14-10)15-12(18)7-3-1-2-4-8(7)13(15)19;1-7(2)10(11(14)16)15-12(17)8-5-3-4-6-9(8)13(15)18/h1-4,9H,5-6H2,(H,14,16,17);3-7,10H,1-2H3,(H2,14,16). The van der Waals surface area contributed by atoms with E-state index in [0.29, 0.717) is 22.3 Å². The fraction of sp³-hybridized carbons (Fsp3) is 0.269. The molecule has 2 unspecified atom stereocenters. The van der Waals surface area contributed by atoms with E-state index in [9.17, 15) is 33.6 Å². The molecule has 2 atom stereocenters. The number of fused-ring (bicyclic) bond motifs is 2. The van der Waals surface area contributed by atoms with Crippen LogP contribution in [0.4, 0.5) is 0 Å². The number of amides is 7. The highest BCUT2D eigenvalue weighted by Crippen LogP contribution is 2.28. The summed E-state index contributed by atoms with van der Waals surface area (Å²) in [5.74, 6) is -3.71. The quantitative estimate of drug-likeness (QED) is 0.584. The molecule has 7 amide bonds. The summed E-state index contributed by atoms with van der Waals surface area (Å²) in [6, 6.07) is 11.2. The maximum atomic E-state index is 12.2. The highest BCUT2D eigenvalue weighted by atomic mass is 16.2. The van der Waals surface area contributed by atoms with Gasteiger partial charge in [0.1, 0.15) is 12.1 Å². The Morgan fingerprint density at radius 2 is 1.24 bits per heavy atom. The summed E-state index contributed by atoms with van der Waals surface area (Å²) < 4.78 is 0. The molecule has 0 spiro atoms. The van der Waals surface area contributed by atoms with Gasteiger partial charge in [-0.05, 0) is 36.6 Å². The second kappa shape index (κ2) is 9.76. The Balaban J connectivity index is 0.000000173. The smallest absolute Gasteiger partial charge is 0.262 e. The van der Waals surface area contributed by atoms with Gasteiger partial charge in [0.2, 0.25) is 17.7 Å². The van der Waals surface area contributed by atoms with E-state index in [1.54, 1.807) is 62.4 Å². The minimum absolute atomic E-state index is 0.129. The summed E-state index contributed by atoms with van der Waals surface area (Å²) in [5.41, 5.74) is 6.55. The molecular formula is C26H24N4O7. The minimum Gasteiger partial charge on any atom is -0.368 e. The fourth-order valence-electron chi connectivity index (χ4n) is 4.63. The summed E-state index contributed by atoms with van der Waals surface area (Å²) in [6.45, 7) is 3.50. The van der Waals surface area contributed by atoms with Crippen LogP contribution in [0.5, 0.6) is 0 Å². The van der Waals surface area contributed by atoms with Gasteiger partial charge in [-0.3, -0.25) is 48.7 Å². The second-order valence-corrected chi connectivity index (χ2v) is 9.11. The zero-order valence-electron chi connectivity index (χ0n) is 20.1. The molecule has 0 saturated carbocycles. The van der Waals surface area contributed by atoms with E-state index >= 15 is 0 Å². The van der Waals surface area contributed by atoms with Crippen LogP contribution in [0.1, 0.15) is 68.1 Å². The largest absolute Gasteiger partial charge is 0.368 e. The van der Waals surface area contributed by atoms with Gasteiger partial charge >= 0.3 is 0 Å². The van der Waals surface area contributed by atoms with Crippen LogP contribution in [0, 0.1) is 5.92 Å². The average Bonchev–Trinajstić information content (AvgIpc) is 3.25. The molecule has 5 rings (SSSR count). The van der Waals surface area contributed by atoms with Crippen LogP contribution in [0.15, 0.2) is 48.5 Å². The Bertz CT molecular complexity index is 1300. The second-order valence-electron chi connectivity index (χ2n) is 9.11. The molecule has 1 fully saturated rings. The number of rotatable bonds is 4. The molecular weight excluding hydrogens is 480 g/mol. The van der Waals surface area contributed by atoms with Gasteiger partial charge < -0.3 is 5.73 Å². The number of carbonyl (C=O) groups is 7. The molecule has 0 radical (unpaired) electrons. The summed E-state index contributed by atoms with van der Waals surface area (Å²) in [4.78, 5) is 84.9. The Morgan fingerprint density at radius 1 is 0.811 bits per heavy atom. The van der Waals surface area contributed by atoms with Crippen LogP contribution in [0.2, 0.25) is 0 Å². The van der Waals surface area contributed by atoms with Crippen molar-refractivity contribution in [2.24, 2.45) is 11.7 Å². The number of nitrogens with one attached hydrogen (secondary N) is 1. The van der Waals surface area contributed by atoms with Crippen molar-refractivity contribution < 1.29 is 33.6 Å². The zero-order chi connectivity index (χ0) is 27.0. The van der Waals surface area contributed by atoms with Crippen molar-refractivity contribution in [3.8, 4) is 0 Å². The van der Waals surface area contributed by atoms with Gasteiger partial charge in [-0.1, -0.05) is 38.1 Å². The van der Waals surface area contributed by atoms with E-state index in [1.807, 2.05) is 0 Å². The molecule has 0 aliphatic carbocycles. The fourth-order valence-corrected chi connectivity index (χ4v) is 4.63. The van der Waals surface area contributed by atoms with Crippen LogP contribution in [0.3, 0.4) is 0 Å². The molecule has 2 aromatic rings. The molecule has 1 saturated heterocycles. The van der Waals surface area contributed by atoms with Gasteiger partial charge in [0.15, 0.2) is 0 Å². The molecule has 3 heterocycles. The first kappa shape index (κ1) is 25.4. The molecule has 190 valence electrons. The van der Waals surface area contributed by atoms with Crippen molar-refractivity contribution in [3.63, 3.8) is 0 Å². The SMILES string of the molecule is CC(C)C(C(N)=O)N1C(=O)c2ccccc2C1=O.O=C1CCC(N2C(=O)c3ccccc3C2=O)C(=O)N1. The van der Waals surface area contributed by atoms with E-state index in [2.05, 4.69) is 5.32 Å². The zero-order valence-corrected chi connectivity index (χ0v) is 20.1. The first-order valence-corrected chi connectivity index (χ1v) is 11.6. The molecule has 3 N–H and O–H groups in total. The Hall–Kier alpha value is -4.67. The number of benzene rings is 2. The van der Waals surface area contributed by atoms with Crippen LogP contribution >= 0.6 is 0 Å². The Kier molecular flexibility index (Phi) is 6.71. The number of carbonyl (C=O) groups excluding carboxylic acids is 7. The molecule has 11 nitrogen and oxygen atoms in total. The summed E-state index contributed by atoms with van der Waals surface area (Å²) >= 11 is 0. The van der Waals surface area contributed by atoms with Gasteiger partial charge in [-0.25, -0.2) is 0 Å². The van der Waals surface area contributed by atoms with Crippen LogP contribution in [0.25, 0.3) is 0 Å². The first-order valence-electron chi connectivity index (χ1n) is 11.6. The summed E-state index contributed by atoms with van der Waals surface area (Å²) in [7, 11) is 0. The minimum atomic E-state index is -0.905. The lowest BCUT2D eigenvalue weighted by Gasteiger charge is -2.27. The first-order chi connectivity index (χ1) is 17.5. The molecule has 37 heavy (non-hydrogen) atoms. The Labute approximate surface area is 211 Å². The lowest BCUT2D eigenvalue weighted by atomic mass is 10.0. The van der Waals surface area contributed by atoms with E-state index in [1.165, 1.54) is 0 Å². The normalized spacial score (nSPS) is 19.4. The van der Waals surface area contributed by atoms with Crippen molar-refractivity contribution in [2.45, 2.75) is 38.8 Å². The summed E-state index contributed by atoms with van der Waals surface area (Å²) in [6.07, 6.45) is 0.306. The van der Waals surface area contributed by atoms with Gasteiger partial charge in [0.05, 0.1) is 22.3 Å². The number of piperidine rings is 1. The number of nitrogens with two attached hydrogens (primary N) is 1. The lowest BCUT2D eigenvalue weighted by Crippen LogP contribution is -2.54. The average molecular weight is 504 g/mol. The van der Waals surface area contributed by atoms with Gasteiger partial charge in [0, 0.05) is 6.42 Å². The van der Waals surface area contributed by atoms with Gasteiger partial charge in [0.25, 0.3) is 23.6 Å². The highest BCUT2D eigenvalue weighted by molar-refractivity contribution is 6.24. The van der Waals surface area contributed by atoms with Crippen molar-refractivity contribution in [2.75, 3.05) is 0 Å². The van der Waals surface area contributed by atoms with Gasteiger partial charge in [-0.15, -0.1) is 0 Å². The van der Waals surface area contributed by atoms with Crippen LogP contribution < -0.4 is 11.1 Å². The van der Waals surface area contributed by atoms with E-state index < -0.39 is 47.5 Å². The molecule has 0 aromatic heterocycles. The monoisotopic (exact) mass is 504 g/mol. The van der Waals surface area contributed by atoms with E-state index in [4.69, 9.17) is 5.73 Å². The van der Waals surface area contributed by atoms with Crippen molar-refractivity contribution in [3.05, 3.63) is 70.8 Å². The van der Waals surface area contributed by atoms with Gasteiger partial charge in [-0.2, -0.15) is 0 Å². The van der Waals surface area contributed by atoms with Crippen molar-refractivity contribution in [1.82, 2.24) is 15.1 Å². The van der Waals surface area contributed by atoms with Crippen LogP contribution in [-0.4, -0.2) is 63.2 Å². The predicted octanol–water partition coefficient (Wildman–Crippen LogP) is 0.880. The maximum Gasteiger partial charge on any atom is 0.262 e. The molecule has 2 aromatic carbocycles. The number of primary amides is 1. The van der Waals surface area contributed by atoms with Crippen molar-refractivity contribution >= 4 is 41.4 Å². The third-order valence-corrected chi connectivity index (χ3v) is 6.37. The molecule has 3 aliphatic heterocycles. The van der Waals surface area contributed by atoms with E-state index in [-0.39, 0.29) is 24.7 Å². The number of imide groups is 3. The van der Waals surface area contributed by atoms with Crippen LogP contribution in [-0.2, 0) is 14.4 Å². The lowest BCUT2D eigenvalue weighted by molar-refractivity contribution is -0.136.